The van der Waals surface area contributed by atoms with E-state index in [1.165, 1.54) is 30.3 Å². The van der Waals surface area contributed by atoms with E-state index < -0.39 is 46.8 Å². The summed E-state index contributed by atoms with van der Waals surface area (Å²) in [5.74, 6) is -1.50. The Kier molecular flexibility index (Phi) is 26.2. The fourth-order valence-corrected chi connectivity index (χ4v) is 9.04. The molecule has 0 saturated carbocycles. The Bertz CT molecular complexity index is 4390. The van der Waals surface area contributed by atoms with E-state index in [1.807, 2.05) is 24.3 Å². The van der Waals surface area contributed by atoms with E-state index >= 15 is 0 Å². The number of benzene rings is 6. The standard InChI is InChI=1S/C25H22F3N5O2.C20H11F3N2O2.C12H9NO2.C8H3F4N.C5H11N3O/c26-25(27,28)21-14-17(15-29)4-9-23(21)35-20-7-5-18(6-8-20)22-3-1-2-19(32-22)16-30-10-12-33-13-11-31-24(33)34;21-20(22,23)17-10-13(11-24)4-9-19(17)27-16-7-5-14(6-8-16)18-3-1-2-15(12-26)25-18;14-8-10-2-1-3-12(13-10)9-4-6-11(15)7-5-9;9-7-2-1-5(4-13)3-6(7)8(10,11)12;6-1-3-8-4-2-7-5(8)9/h1-9,14,30H,10-13,16H2,(H,31,34);1-10,12H;1-8,15H;1-3H;1-4,6H2,(H,7,9). The van der Waals surface area contributed by atoms with Gasteiger partial charge in [-0.15, -0.1) is 0 Å². The van der Waals surface area contributed by atoms with E-state index in [1.54, 1.807) is 113 Å². The quantitative estimate of drug-likeness (QED) is 0.0341. The first-order chi connectivity index (χ1) is 47.3. The molecule has 0 unspecified atom stereocenters. The molecule has 11 rings (SSSR count). The molecule has 6 N–H and O–H groups in total. The second kappa shape index (κ2) is 34.9. The van der Waals surface area contributed by atoms with Gasteiger partial charge in [0.1, 0.15) is 46.0 Å². The van der Waals surface area contributed by atoms with E-state index in [-0.39, 0.29) is 57.4 Å². The number of nitrogens with two attached hydrogens (primary N) is 1. The van der Waals surface area contributed by atoms with Gasteiger partial charge in [-0.05, 0) is 164 Å². The lowest BCUT2D eigenvalue weighted by Crippen LogP contribution is -2.34. The van der Waals surface area contributed by atoms with Crippen molar-refractivity contribution in [2.24, 2.45) is 5.73 Å². The van der Waals surface area contributed by atoms with Crippen molar-refractivity contribution in [3.05, 3.63) is 238 Å². The second-order valence-electron chi connectivity index (χ2n) is 20.8. The SMILES string of the molecule is N#Cc1ccc(F)c(C(F)(F)F)c1.N#Cc1ccc(Oc2ccc(-c3cccc(C=O)n3)cc2)c(C(F)(F)F)c1.N#Cc1ccc(Oc2ccc(-c3cccc(CNCCN4CCNC4=O)n3)cc2)c(C(F)(F)F)c1.NCCN1CCNC1=O.O=Cc1cccc(-c2ccc(O)cc2)n1. The highest BCUT2D eigenvalue weighted by Gasteiger charge is 2.37. The van der Waals surface area contributed by atoms with E-state index in [0.717, 1.165) is 65.9 Å². The molecular formula is C70H56F10N12O7. The molecule has 0 spiro atoms. The van der Waals surface area contributed by atoms with Gasteiger partial charge >= 0.3 is 30.6 Å². The molecule has 2 aliphatic rings. The summed E-state index contributed by atoms with van der Waals surface area (Å²) in [7, 11) is 0. The predicted octanol–water partition coefficient (Wildman–Crippen LogP) is 13.7. The van der Waals surface area contributed by atoms with Crippen molar-refractivity contribution >= 4 is 24.6 Å². The summed E-state index contributed by atoms with van der Waals surface area (Å²) >= 11 is 0. The number of phenols is 1. The number of carbonyl (C=O) groups excluding carboxylic acids is 4. The Morgan fingerprint density at radius 1 is 0.525 bits per heavy atom. The first-order valence-electron chi connectivity index (χ1n) is 29.4. The van der Waals surface area contributed by atoms with Crippen molar-refractivity contribution in [2.45, 2.75) is 25.1 Å². The van der Waals surface area contributed by atoms with Crippen molar-refractivity contribution in [1.82, 2.24) is 40.7 Å². The lowest BCUT2D eigenvalue weighted by atomic mass is 10.1. The molecule has 2 fully saturated rings. The van der Waals surface area contributed by atoms with Gasteiger partial charge in [0.05, 0.1) is 74.4 Å². The van der Waals surface area contributed by atoms with Gasteiger partial charge in [-0.2, -0.15) is 55.3 Å². The normalized spacial score (nSPS) is 12.3. The first kappa shape index (κ1) is 74.1. The number of phenolic OH excluding ortho intramolecular Hbond substituents is 1. The third-order valence-corrected chi connectivity index (χ3v) is 13.9. The maximum Gasteiger partial charge on any atom is 0.420 e. The molecule has 29 heteroatoms. The van der Waals surface area contributed by atoms with Crippen LogP contribution < -0.4 is 31.2 Å². The van der Waals surface area contributed by atoms with E-state index in [2.05, 4.69) is 30.9 Å². The van der Waals surface area contributed by atoms with Gasteiger partial charge < -0.3 is 46.1 Å². The van der Waals surface area contributed by atoms with Crippen LogP contribution in [0.25, 0.3) is 33.8 Å². The monoisotopic (exact) mass is 1370 g/mol. The highest BCUT2D eigenvalue weighted by molar-refractivity contribution is 5.77. The summed E-state index contributed by atoms with van der Waals surface area (Å²) in [6.45, 7) is 5.94. The number of rotatable bonds is 16. The van der Waals surface area contributed by atoms with Crippen LogP contribution in [0.4, 0.5) is 53.5 Å². The summed E-state index contributed by atoms with van der Waals surface area (Å²) in [4.78, 5) is 60.0. The van der Waals surface area contributed by atoms with Crippen LogP contribution in [0.5, 0.6) is 28.7 Å². The fourth-order valence-electron chi connectivity index (χ4n) is 9.04. The minimum Gasteiger partial charge on any atom is -0.508 e. The van der Waals surface area contributed by atoms with Crippen LogP contribution in [0.15, 0.2) is 182 Å². The Morgan fingerprint density at radius 2 is 0.919 bits per heavy atom. The summed E-state index contributed by atoms with van der Waals surface area (Å²) in [5, 5.41) is 43.8. The van der Waals surface area contributed by atoms with Crippen LogP contribution in [0.3, 0.4) is 0 Å². The molecule has 9 aromatic rings. The number of nitrogens with zero attached hydrogens (tertiary/aromatic N) is 8. The van der Waals surface area contributed by atoms with Gasteiger partial charge in [0.2, 0.25) is 0 Å². The van der Waals surface area contributed by atoms with Crippen LogP contribution in [0, 0.1) is 39.8 Å². The number of carbonyl (C=O) groups is 4. The van der Waals surface area contributed by atoms with Gasteiger partial charge in [-0.1, -0.05) is 18.2 Å². The maximum atomic E-state index is 13.4. The largest absolute Gasteiger partial charge is 0.508 e. The van der Waals surface area contributed by atoms with Gasteiger partial charge in [0.15, 0.2) is 12.6 Å². The molecule has 0 aliphatic carbocycles. The summed E-state index contributed by atoms with van der Waals surface area (Å²) in [6, 6.07) is 48.6. The number of hydrogen-bond acceptors (Lipinski definition) is 15. The number of pyridine rings is 3. The number of nitriles is 3. The van der Waals surface area contributed by atoms with Crippen LogP contribution >= 0.6 is 0 Å². The third-order valence-electron chi connectivity index (χ3n) is 13.9. The van der Waals surface area contributed by atoms with E-state index in [9.17, 15) is 63.1 Å². The van der Waals surface area contributed by atoms with Crippen molar-refractivity contribution in [3.63, 3.8) is 0 Å². The number of aldehydes is 2. The van der Waals surface area contributed by atoms with Gasteiger partial charge in [-0.3, -0.25) is 14.6 Å². The smallest absolute Gasteiger partial charge is 0.420 e. The topological polar surface area (TPSA) is 286 Å². The Morgan fingerprint density at radius 3 is 1.31 bits per heavy atom. The number of ether oxygens (including phenoxy) is 2. The maximum absolute atomic E-state index is 13.4. The molecule has 99 heavy (non-hydrogen) atoms. The van der Waals surface area contributed by atoms with Crippen LogP contribution in [0.1, 0.15) is 60.1 Å². The summed E-state index contributed by atoms with van der Waals surface area (Å²) in [6.07, 6.45) is -12.7. The molecule has 19 nitrogen and oxygen atoms in total. The zero-order valence-electron chi connectivity index (χ0n) is 51.7. The molecule has 3 aromatic heterocycles. The summed E-state index contributed by atoms with van der Waals surface area (Å²) < 4.78 is 139. The minimum absolute atomic E-state index is 0.0143. The van der Waals surface area contributed by atoms with Crippen LogP contribution in [0.2, 0.25) is 0 Å². The average molecular weight is 1370 g/mol. The lowest BCUT2D eigenvalue weighted by molar-refractivity contribution is -0.140. The molecule has 4 amide bonds. The van der Waals surface area contributed by atoms with Crippen molar-refractivity contribution in [3.8, 4) is 80.7 Å². The second-order valence-corrected chi connectivity index (χ2v) is 20.8. The molecule has 0 bridgehead atoms. The van der Waals surface area contributed by atoms with Crippen molar-refractivity contribution < 1.29 is 77.7 Å². The zero-order valence-corrected chi connectivity index (χ0v) is 51.7. The van der Waals surface area contributed by atoms with Crippen LogP contribution in [-0.2, 0) is 25.1 Å². The van der Waals surface area contributed by atoms with Gasteiger partial charge in [0, 0.05) is 75.6 Å². The molecule has 508 valence electrons. The van der Waals surface area contributed by atoms with Gasteiger partial charge in [-0.25, -0.2) is 23.9 Å². The number of aromatic nitrogens is 3. The third kappa shape index (κ3) is 22.2. The van der Waals surface area contributed by atoms with E-state index in [0.29, 0.717) is 93.2 Å². The Hall–Kier alpha value is -12.3. The van der Waals surface area contributed by atoms with Crippen LogP contribution in [-0.4, -0.2) is 107 Å². The summed E-state index contributed by atoms with van der Waals surface area (Å²) in [5.41, 5.74) is 7.22. The number of aromatic hydroxyl groups is 1. The molecule has 6 aromatic carbocycles. The molecule has 0 atom stereocenters. The lowest BCUT2D eigenvalue weighted by Gasteiger charge is -2.14. The minimum atomic E-state index is -4.75. The predicted molar refractivity (Wildman–Crippen MR) is 341 cm³/mol. The molecule has 2 aliphatic heterocycles. The Balaban J connectivity index is 0.000000189. The highest BCUT2D eigenvalue weighted by atomic mass is 19.4. The van der Waals surface area contributed by atoms with Gasteiger partial charge in [0.25, 0.3) is 0 Å². The molecular weight excluding hydrogens is 1310 g/mol. The zero-order chi connectivity index (χ0) is 71.7. The number of amides is 4. The van der Waals surface area contributed by atoms with Crippen molar-refractivity contribution in [1.29, 1.82) is 15.8 Å². The number of urea groups is 2. The number of nitrogens with one attached hydrogen (secondary N) is 3. The fraction of sp³-hybridized carbons (Fsp3) is 0.171. The van der Waals surface area contributed by atoms with E-state index in [4.69, 9.17) is 36.1 Å². The highest BCUT2D eigenvalue weighted by Crippen LogP contribution is 2.41. The number of halogens is 10. The first-order valence-corrected chi connectivity index (χ1v) is 29.4. The number of hydrogen-bond donors (Lipinski definition) is 5. The molecule has 5 heterocycles. The number of alkyl halides is 9. The molecule has 0 radical (unpaired) electrons. The van der Waals surface area contributed by atoms with Crippen molar-refractivity contribution in [2.75, 3.05) is 52.4 Å². The average Bonchev–Trinajstić information content (AvgIpc) is 0.919. The molecule has 2 saturated heterocycles. The Labute approximate surface area is 559 Å².